The molecule has 2 heterocycles. The van der Waals surface area contributed by atoms with Crippen molar-refractivity contribution in [1.29, 1.82) is 0 Å². The van der Waals surface area contributed by atoms with E-state index in [9.17, 15) is 4.21 Å². The van der Waals surface area contributed by atoms with Crippen LogP contribution < -0.4 is 4.72 Å². The smallest absolute Gasteiger partial charge is 0.0979 e. The molecule has 0 amide bonds. The molecule has 2 unspecified atom stereocenters. The fraction of sp³-hybridized carbons (Fsp3) is 0.316. The maximum absolute atomic E-state index is 12.7. The van der Waals surface area contributed by atoms with Crippen molar-refractivity contribution in [2.45, 2.75) is 31.6 Å². The number of rotatable bonds is 4. The van der Waals surface area contributed by atoms with Gasteiger partial charge in [0.05, 0.1) is 21.8 Å². The van der Waals surface area contributed by atoms with Crippen LogP contribution in [-0.4, -0.2) is 18.5 Å². The zero-order valence-electron chi connectivity index (χ0n) is 14.5. The highest BCUT2D eigenvalue weighted by atomic mass is 32.2. The lowest BCUT2D eigenvalue weighted by atomic mass is 10.1. The molecule has 0 saturated carbocycles. The Hall–Kier alpha value is -1.98. The van der Waals surface area contributed by atoms with Gasteiger partial charge >= 0.3 is 0 Å². The van der Waals surface area contributed by atoms with E-state index in [0.717, 1.165) is 16.8 Å². The fourth-order valence-corrected chi connectivity index (χ4v) is 3.54. The molecule has 3 aromatic rings. The summed E-state index contributed by atoms with van der Waals surface area (Å²) in [7, 11) is 0.855. The number of hydrogen-bond acceptors (Lipinski definition) is 2. The van der Waals surface area contributed by atoms with Crippen molar-refractivity contribution in [3.8, 4) is 0 Å². The molecule has 2 aromatic heterocycles. The Bertz CT molecular complexity index is 865. The highest BCUT2D eigenvalue weighted by Crippen LogP contribution is 2.28. The first-order chi connectivity index (χ1) is 11.4. The molecule has 0 saturated heterocycles. The molecule has 4 nitrogen and oxygen atoms in total. The first-order valence-electron chi connectivity index (χ1n) is 8.00. The Balaban J connectivity index is 2.10. The first-order valence-corrected chi connectivity index (χ1v) is 9.15. The first kappa shape index (κ1) is 16.9. The van der Waals surface area contributed by atoms with Gasteiger partial charge in [-0.3, -0.25) is 4.98 Å². The molecule has 0 fully saturated rings. The van der Waals surface area contributed by atoms with Gasteiger partial charge in [0.2, 0.25) is 0 Å². The number of para-hydroxylation sites is 1. The van der Waals surface area contributed by atoms with E-state index in [-0.39, 0.29) is 10.8 Å². The SMILES string of the molecule is Cn1c(C(NS(=O)C(C)(C)C)c2cccnc2)cc2ccccc21. The minimum absolute atomic E-state index is 0.184. The van der Waals surface area contributed by atoms with Crippen LogP contribution in [0, 0.1) is 0 Å². The standard InChI is InChI=1S/C19H23N3OS/c1-19(2,3)24(23)21-18(15-9-7-11-20-13-15)17-12-14-8-5-6-10-16(14)22(17)4/h5-13,18,21H,1-4H3. The largest absolute Gasteiger partial charge is 0.346 e. The molecule has 2 atom stereocenters. The summed E-state index contributed by atoms with van der Waals surface area (Å²) in [5.41, 5.74) is 3.23. The third-order valence-corrected chi connectivity index (χ3v) is 5.65. The van der Waals surface area contributed by atoms with Crippen LogP contribution in [0.4, 0.5) is 0 Å². The number of benzene rings is 1. The summed E-state index contributed by atoms with van der Waals surface area (Å²) in [6.07, 6.45) is 3.58. The maximum atomic E-state index is 12.7. The normalized spacial score (nSPS) is 14.7. The lowest BCUT2D eigenvalue weighted by Crippen LogP contribution is -2.36. The van der Waals surface area contributed by atoms with Crippen LogP contribution in [0.15, 0.2) is 54.9 Å². The number of pyridine rings is 1. The van der Waals surface area contributed by atoms with Crippen LogP contribution in [0.5, 0.6) is 0 Å². The fourth-order valence-electron chi connectivity index (χ4n) is 2.72. The van der Waals surface area contributed by atoms with E-state index in [1.807, 2.05) is 58.3 Å². The molecule has 0 radical (unpaired) electrons. The predicted molar refractivity (Wildman–Crippen MR) is 100 cm³/mol. The summed E-state index contributed by atoms with van der Waals surface area (Å²) in [5.74, 6) is 0. The van der Waals surface area contributed by atoms with Gasteiger partial charge in [-0.15, -0.1) is 0 Å². The van der Waals surface area contributed by atoms with Crippen molar-refractivity contribution in [1.82, 2.24) is 14.3 Å². The average molecular weight is 341 g/mol. The third-order valence-electron chi connectivity index (χ3n) is 4.08. The molecular weight excluding hydrogens is 318 g/mol. The van der Waals surface area contributed by atoms with Crippen LogP contribution in [-0.2, 0) is 18.0 Å². The van der Waals surface area contributed by atoms with E-state index in [2.05, 4.69) is 32.5 Å². The van der Waals surface area contributed by atoms with Gasteiger partial charge < -0.3 is 4.57 Å². The second-order valence-electron chi connectivity index (χ2n) is 6.91. The summed E-state index contributed by atoms with van der Waals surface area (Å²) in [4.78, 5) is 4.24. The van der Waals surface area contributed by atoms with E-state index in [0.29, 0.717) is 0 Å². The van der Waals surface area contributed by atoms with Crippen LogP contribution in [0.2, 0.25) is 0 Å². The maximum Gasteiger partial charge on any atom is 0.0979 e. The topological polar surface area (TPSA) is 46.9 Å². The summed E-state index contributed by atoms with van der Waals surface area (Å²) in [5, 5.41) is 1.17. The molecule has 0 aliphatic carbocycles. The quantitative estimate of drug-likeness (QED) is 0.786. The lowest BCUT2D eigenvalue weighted by Gasteiger charge is -2.25. The number of hydrogen-bond donors (Lipinski definition) is 1. The van der Waals surface area contributed by atoms with Crippen molar-refractivity contribution >= 4 is 21.9 Å². The molecule has 1 aromatic carbocycles. The van der Waals surface area contributed by atoms with Gasteiger partial charge in [-0.1, -0.05) is 24.3 Å². The second kappa shape index (κ2) is 6.49. The number of aromatic nitrogens is 2. The Kier molecular flexibility index (Phi) is 4.56. The molecule has 24 heavy (non-hydrogen) atoms. The van der Waals surface area contributed by atoms with Gasteiger partial charge in [0.15, 0.2) is 0 Å². The molecule has 0 bridgehead atoms. The Morgan fingerprint density at radius 1 is 1.17 bits per heavy atom. The zero-order chi connectivity index (χ0) is 17.3. The van der Waals surface area contributed by atoms with Gasteiger partial charge in [-0.2, -0.15) is 0 Å². The molecule has 0 spiro atoms. The Morgan fingerprint density at radius 3 is 2.54 bits per heavy atom. The number of fused-ring (bicyclic) bond motifs is 1. The minimum atomic E-state index is -1.19. The summed E-state index contributed by atoms with van der Waals surface area (Å²) < 4.78 is 17.8. The van der Waals surface area contributed by atoms with Gasteiger partial charge in [0.1, 0.15) is 0 Å². The number of nitrogens with zero attached hydrogens (tertiary/aromatic N) is 2. The Morgan fingerprint density at radius 2 is 1.92 bits per heavy atom. The van der Waals surface area contributed by atoms with Crippen molar-refractivity contribution in [3.63, 3.8) is 0 Å². The van der Waals surface area contributed by atoms with E-state index >= 15 is 0 Å². The monoisotopic (exact) mass is 341 g/mol. The van der Waals surface area contributed by atoms with Gasteiger partial charge in [-0.25, -0.2) is 8.93 Å². The van der Waals surface area contributed by atoms with E-state index < -0.39 is 11.0 Å². The van der Waals surface area contributed by atoms with Crippen LogP contribution in [0.25, 0.3) is 10.9 Å². The van der Waals surface area contributed by atoms with Gasteiger partial charge in [0, 0.05) is 30.7 Å². The third kappa shape index (κ3) is 3.28. The molecule has 0 aliphatic rings. The van der Waals surface area contributed by atoms with Crippen molar-refractivity contribution in [2.75, 3.05) is 0 Å². The second-order valence-corrected chi connectivity index (χ2v) is 8.90. The van der Waals surface area contributed by atoms with Crippen LogP contribution in [0.1, 0.15) is 38.1 Å². The van der Waals surface area contributed by atoms with Gasteiger partial charge in [0.25, 0.3) is 0 Å². The highest BCUT2D eigenvalue weighted by molar-refractivity contribution is 7.84. The van der Waals surface area contributed by atoms with E-state index in [4.69, 9.17) is 0 Å². The van der Waals surface area contributed by atoms with Crippen molar-refractivity contribution in [3.05, 3.63) is 66.1 Å². The summed E-state index contributed by atoms with van der Waals surface area (Å²) in [6.45, 7) is 5.91. The molecule has 1 N–H and O–H groups in total. The van der Waals surface area contributed by atoms with Gasteiger partial charge in [-0.05, 0) is 49.9 Å². The van der Waals surface area contributed by atoms with Crippen molar-refractivity contribution in [2.24, 2.45) is 7.05 Å². The molecule has 0 aliphatic heterocycles. The highest BCUT2D eigenvalue weighted by Gasteiger charge is 2.26. The molecule has 126 valence electrons. The molecular formula is C19H23N3OS. The summed E-state index contributed by atoms with van der Waals surface area (Å²) in [6, 6.07) is 14.2. The average Bonchev–Trinajstić information content (AvgIpc) is 2.89. The van der Waals surface area contributed by atoms with E-state index in [1.165, 1.54) is 5.39 Å². The number of aryl methyl sites for hydroxylation is 1. The predicted octanol–water partition coefficient (Wildman–Crippen LogP) is 3.71. The zero-order valence-corrected chi connectivity index (χ0v) is 15.3. The summed E-state index contributed by atoms with van der Waals surface area (Å²) >= 11 is 0. The van der Waals surface area contributed by atoms with E-state index in [1.54, 1.807) is 6.20 Å². The number of nitrogens with one attached hydrogen (secondary N) is 1. The van der Waals surface area contributed by atoms with Crippen molar-refractivity contribution < 1.29 is 4.21 Å². The van der Waals surface area contributed by atoms with Crippen LogP contribution >= 0.6 is 0 Å². The lowest BCUT2D eigenvalue weighted by molar-refractivity contribution is 0.615. The van der Waals surface area contributed by atoms with Crippen LogP contribution in [0.3, 0.4) is 0 Å². The molecule has 5 heteroatoms. The Labute approximate surface area is 145 Å². The molecule has 3 rings (SSSR count). The minimum Gasteiger partial charge on any atom is -0.346 e.